The van der Waals surface area contributed by atoms with Gasteiger partial charge in [0.05, 0.1) is 0 Å². The second-order valence-corrected chi connectivity index (χ2v) is 5.59. The highest BCUT2D eigenvalue weighted by Gasteiger charge is 2.32. The van der Waals surface area contributed by atoms with E-state index in [1.54, 1.807) is 0 Å². The monoisotopic (exact) mass is 295 g/mol. The van der Waals surface area contributed by atoms with Gasteiger partial charge in [-0.1, -0.05) is 37.8 Å². The summed E-state index contributed by atoms with van der Waals surface area (Å²) in [5, 5.41) is 17.2. The summed E-state index contributed by atoms with van der Waals surface area (Å²) in [5.74, 6) is 0.807. The normalized spacial score (nSPS) is 21.6. The molecular weight excluding hydrogens is 270 g/mol. The van der Waals surface area contributed by atoms with Gasteiger partial charge < -0.3 is 10.1 Å². The van der Waals surface area contributed by atoms with Gasteiger partial charge in [0, 0.05) is 18.6 Å². The van der Waals surface area contributed by atoms with Crippen molar-refractivity contribution in [1.82, 2.24) is 25.9 Å². The Labute approximate surface area is 125 Å². The fraction of sp³-hybridized carbons (Fsp3) is 0.857. The molecule has 1 aromatic rings. The zero-order chi connectivity index (χ0) is 14.9. The number of amides is 1. The van der Waals surface area contributed by atoms with Crippen molar-refractivity contribution in [1.29, 1.82) is 0 Å². The van der Waals surface area contributed by atoms with Crippen LogP contribution in [0.15, 0.2) is 0 Å². The van der Waals surface area contributed by atoms with Gasteiger partial charge in [0.1, 0.15) is 6.61 Å². The molecule has 0 bridgehead atoms. The number of aromatic nitrogens is 4. The summed E-state index contributed by atoms with van der Waals surface area (Å²) in [4.78, 5) is 11.9. The highest BCUT2D eigenvalue weighted by atomic mass is 16.5. The lowest BCUT2D eigenvalue weighted by atomic mass is 10.0. The number of unbranched alkanes of at least 4 members (excludes halogenated alkanes) is 3. The van der Waals surface area contributed by atoms with E-state index in [-0.39, 0.29) is 24.5 Å². The molecule has 1 aromatic heterocycles. The Morgan fingerprint density at radius 3 is 3.05 bits per heavy atom. The summed E-state index contributed by atoms with van der Waals surface area (Å²) in [6.07, 6.45) is 7.64. The van der Waals surface area contributed by atoms with E-state index < -0.39 is 0 Å². The maximum atomic E-state index is 11.9. The van der Waals surface area contributed by atoms with Crippen LogP contribution in [0.4, 0.5) is 0 Å². The molecule has 1 heterocycles. The van der Waals surface area contributed by atoms with Gasteiger partial charge in [-0.05, 0) is 19.3 Å². The quantitative estimate of drug-likeness (QED) is 0.674. The average Bonchev–Trinajstić information content (AvgIpc) is 3.13. The zero-order valence-corrected chi connectivity index (χ0v) is 12.7. The fourth-order valence-electron chi connectivity index (χ4n) is 2.81. The van der Waals surface area contributed by atoms with Crippen molar-refractivity contribution >= 4 is 5.91 Å². The van der Waals surface area contributed by atoms with E-state index in [9.17, 15) is 4.79 Å². The molecule has 118 valence electrons. The highest BCUT2D eigenvalue weighted by Crippen LogP contribution is 2.32. The van der Waals surface area contributed by atoms with Crippen LogP contribution in [0.3, 0.4) is 0 Å². The van der Waals surface area contributed by atoms with E-state index in [4.69, 9.17) is 4.74 Å². The van der Waals surface area contributed by atoms with Crippen molar-refractivity contribution < 1.29 is 9.53 Å². The van der Waals surface area contributed by atoms with Crippen molar-refractivity contribution in [3.63, 3.8) is 0 Å². The third-order valence-electron chi connectivity index (χ3n) is 3.93. The van der Waals surface area contributed by atoms with Gasteiger partial charge in [0.2, 0.25) is 5.91 Å². The Kier molecular flexibility index (Phi) is 6.59. The molecule has 1 saturated carbocycles. The van der Waals surface area contributed by atoms with Gasteiger partial charge >= 0.3 is 0 Å². The first-order chi connectivity index (χ1) is 10.3. The predicted octanol–water partition coefficient (Wildman–Crippen LogP) is 1.55. The molecule has 21 heavy (non-hydrogen) atoms. The SMILES string of the molecule is CCCCCCOCC(=O)NC1CCCC1c1nn[nH]n1. The molecule has 1 amide bonds. The number of nitrogens with zero attached hydrogens (tertiary/aromatic N) is 3. The number of rotatable bonds is 9. The summed E-state index contributed by atoms with van der Waals surface area (Å²) in [6.45, 7) is 2.98. The van der Waals surface area contributed by atoms with Crippen LogP contribution < -0.4 is 5.32 Å². The topological polar surface area (TPSA) is 92.8 Å². The first kappa shape index (κ1) is 15.9. The molecule has 1 fully saturated rings. The van der Waals surface area contributed by atoms with Gasteiger partial charge in [-0.25, -0.2) is 0 Å². The molecule has 2 atom stereocenters. The van der Waals surface area contributed by atoms with Gasteiger partial charge in [-0.3, -0.25) is 4.79 Å². The van der Waals surface area contributed by atoms with Crippen LogP contribution in [0.1, 0.15) is 63.6 Å². The van der Waals surface area contributed by atoms with Crippen LogP contribution in [-0.2, 0) is 9.53 Å². The lowest BCUT2D eigenvalue weighted by molar-refractivity contribution is -0.126. The van der Waals surface area contributed by atoms with Crippen LogP contribution in [0.25, 0.3) is 0 Å². The van der Waals surface area contributed by atoms with E-state index in [0.717, 1.165) is 25.7 Å². The summed E-state index contributed by atoms with van der Waals surface area (Å²) in [6, 6.07) is 0.0961. The first-order valence-corrected chi connectivity index (χ1v) is 7.91. The summed E-state index contributed by atoms with van der Waals surface area (Å²) < 4.78 is 5.42. The number of hydrogen-bond donors (Lipinski definition) is 2. The number of carbonyl (C=O) groups excluding carboxylic acids is 1. The van der Waals surface area contributed by atoms with Crippen molar-refractivity contribution in [2.24, 2.45) is 0 Å². The van der Waals surface area contributed by atoms with E-state index in [1.807, 2.05) is 0 Å². The van der Waals surface area contributed by atoms with Gasteiger partial charge in [0.25, 0.3) is 0 Å². The maximum Gasteiger partial charge on any atom is 0.246 e. The van der Waals surface area contributed by atoms with Gasteiger partial charge in [-0.15, -0.1) is 10.2 Å². The Hall–Kier alpha value is -1.50. The number of hydrogen-bond acceptors (Lipinski definition) is 5. The standard InChI is InChI=1S/C14H25N5O2/c1-2-3-4-5-9-21-10-13(20)15-12-8-6-7-11(12)14-16-18-19-17-14/h11-12H,2-10H2,1H3,(H,15,20)(H,16,17,18,19). The lowest BCUT2D eigenvalue weighted by Crippen LogP contribution is -2.39. The van der Waals surface area contributed by atoms with Crippen LogP contribution in [0.5, 0.6) is 0 Å². The second kappa shape index (κ2) is 8.71. The maximum absolute atomic E-state index is 11.9. The molecule has 0 radical (unpaired) electrons. The second-order valence-electron chi connectivity index (χ2n) is 5.59. The number of nitrogens with one attached hydrogen (secondary N) is 2. The van der Waals surface area contributed by atoms with E-state index in [0.29, 0.717) is 12.4 Å². The smallest absolute Gasteiger partial charge is 0.246 e. The molecule has 0 aromatic carbocycles. The Bertz CT molecular complexity index is 410. The summed E-state index contributed by atoms with van der Waals surface area (Å²) in [7, 11) is 0. The number of carbonyl (C=O) groups is 1. The Morgan fingerprint density at radius 1 is 1.38 bits per heavy atom. The van der Waals surface area contributed by atoms with Crippen molar-refractivity contribution in [3.8, 4) is 0 Å². The summed E-state index contributed by atoms with van der Waals surface area (Å²) in [5.41, 5.74) is 0. The third kappa shape index (κ3) is 5.08. The molecule has 0 saturated heterocycles. The number of H-pyrrole nitrogens is 1. The Balaban J connectivity index is 1.65. The number of aromatic amines is 1. The molecule has 2 rings (SSSR count). The molecule has 1 aliphatic rings. The molecular formula is C14H25N5O2. The Morgan fingerprint density at radius 2 is 2.29 bits per heavy atom. The first-order valence-electron chi connectivity index (χ1n) is 7.91. The van der Waals surface area contributed by atoms with Crippen molar-refractivity contribution in [2.75, 3.05) is 13.2 Å². The molecule has 7 nitrogen and oxygen atoms in total. The molecule has 1 aliphatic carbocycles. The minimum Gasteiger partial charge on any atom is -0.372 e. The molecule has 0 aliphatic heterocycles. The summed E-state index contributed by atoms with van der Waals surface area (Å²) >= 11 is 0. The van der Waals surface area contributed by atoms with Crippen molar-refractivity contribution in [2.45, 2.75) is 63.8 Å². The van der Waals surface area contributed by atoms with E-state index in [2.05, 4.69) is 32.9 Å². The van der Waals surface area contributed by atoms with E-state index in [1.165, 1.54) is 19.3 Å². The molecule has 2 unspecified atom stereocenters. The highest BCUT2D eigenvalue weighted by molar-refractivity contribution is 5.77. The van der Waals surface area contributed by atoms with Gasteiger partial charge in [0.15, 0.2) is 5.82 Å². The molecule has 2 N–H and O–H groups in total. The van der Waals surface area contributed by atoms with Crippen molar-refractivity contribution in [3.05, 3.63) is 5.82 Å². The van der Waals surface area contributed by atoms with Crippen LogP contribution >= 0.6 is 0 Å². The van der Waals surface area contributed by atoms with Crippen LogP contribution in [0.2, 0.25) is 0 Å². The number of ether oxygens (including phenoxy) is 1. The van der Waals surface area contributed by atoms with Gasteiger partial charge in [-0.2, -0.15) is 5.21 Å². The molecule has 7 heteroatoms. The average molecular weight is 295 g/mol. The zero-order valence-electron chi connectivity index (χ0n) is 12.7. The third-order valence-corrected chi connectivity index (χ3v) is 3.93. The predicted molar refractivity (Wildman–Crippen MR) is 77.7 cm³/mol. The van der Waals surface area contributed by atoms with Crippen LogP contribution in [-0.4, -0.2) is 45.8 Å². The lowest BCUT2D eigenvalue weighted by Gasteiger charge is -2.18. The minimum atomic E-state index is -0.0501. The van der Waals surface area contributed by atoms with Crippen LogP contribution in [0, 0.1) is 0 Å². The molecule has 0 spiro atoms. The fourth-order valence-corrected chi connectivity index (χ4v) is 2.81. The number of tetrazole rings is 1. The largest absolute Gasteiger partial charge is 0.372 e. The minimum absolute atomic E-state index is 0.0501. The van der Waals surface area contributed by atoms with E-state index >= 15 is 0 Å².